The van der Waals surface area contributed by atoms with Crippen molar-refractivity contribution in [3.63, 3.8) is 0 Å². The molecule has 4 atom stereocenters. The van der Waals surface area contributed by atoms with Gasteiger partial charge in [0.25, 0.3) is 0 Å². The number of hydrogen-bond donors (Lipinski definition) is 1. The molecule has 4 heteroatoms. The van der Waals surface area contributed by atoms with Crippen LogP contribution in [0, 0.1) is 23.7 Å². The van der Waals surface area contributed by atoms with E-state index in [0.29, 0.717) is 0 Å². The van der Waals surface area contributed by atoms with Gasteiger partial charge in [-0.25, -0.2) is 0 Å². The van der Waals surface area contributed by atoms with Crippen LogP contribution in [0.3, 0.4) is 0 Å². The van der Waals surface area contributed by atoms with Crippen molar-refractivity contribution in [3.05, 3.63) is 11.9 Å². The van der Waals surface area contributed by atoms with Gasteiger partial charge < -0.3 is 5.32 Å². The maximum atomic E-state index is 4.11. The normalized spacial score (nSPS) is 43.7. The molecule has 3 saturated carbocycles. The van der Waals surface area contributed by atoms with Gasteiger partial charge >= 0.3 is 0 Å². The van der Waals surface area contributed by atoms with Gasteiger partial charge in [-0.1, -0.05) is 5.21 Å². The van der Waals surface area contributed by atoms with E-state index in [-0.39, 0.29) is 0 Å². The zero-order valence-electron chi connectivity index (χ0n) is 9.63. The first-order chi connectivity index (χ1) is 7.83. The van der Waals surface area contributed by atoms with Gasteiger partial charge in [-0.2, -0.15) is 0 Å². The first-order valence-corrected chi connectivity index (χ1v) is 6.41. The fourth-order valence-electron chi connectivity index (χ4n) is 4.30. The van der Waals surface area contributed by atoms with E-state index in [2.05, 4.69) is 15.6 Å². The topological polar surface area (TPSA) is 42.7 Å². The van der Waals surface area contributed by atoms with E-state index in [1.165, 1.54) is 19.3 Å². The van der Waals surface area contributed by atoms with E-state index in [0.717, 1.165) is 42.0 Å². The Morgan fingerprint density at radius 2 is 2.12 bits per heavy atom. The first-order valence-electron chi connectivity index (χ1n) is 6.41. The van der Waals surface area contributed by atoms with Crippen molar-refractivity contribution in [1.29, 1.82) is 0 Å². The third-order valence-corrected chi connectivity index (χ3v) is 4.90. The minimum Gasteiger partial charge on any atom is -0.308 e. The molecule has 4 nitrogen and oxygen atoms in total. The molecule has 86 valence electrons. The van der Waals surface area contributed by atoms with Crippen molar-refractivity contribution in [2.24, 2.45) is 30.7 Å². The molecule has 3 fully saturated rings. The molecule has 1 N–H and O–H groups in total. The number of nitrogens with one attached hydrogen (secondary N) is 1. The number of fused-ring (bicyclic) bond motifs is 5. The van der Waals surface area contributed by atoms with Crippen LogP contribution in [0.1, 0.15) is 25.0 Å². The summed E-state index contributed by atoms with van der Waals surface area (Å²) in [6.45, 7) is 0.894. The van der Waals surface area contributed by atoms with Crippen LogP contribution in [-0.2, 0) is 13.6 Å². The monoisotopic (exact) mass is 218 g/mol. The quantitative estimate of drug-likeness (QED) is 0.821. The van der Waals surface area contributed by atoms with E-state index in [1.807, 2.05) is 13.2 Å². The maximum absolute atomic E-state index is 4.11. The molecule has 1 heterocycles. The summed E-state index contributed by atoms with van der Waals surface area (Å²) in [5.74, 6) is 4.12. The van der Waals surface area contributed by atoms with Gasteiger partial charge in [0.05, 0.1) is 5.69 Å². The Kier molecular flexibility index (Phi) is 1.76. The average Bonchev–Trinajstić information content (AvgIpc) is 2.70. The highest BCUT2D eigenvalue weighted by Crippen LogP contribution is 2.65. The molecule has 0 spiro atoms. The molecular formula is C12H18N4. The summed E-state index contributed by atoms with van der Waals surface area (Å²) in [6.07, 6.45) is 6.52. The van der Waals surface area contributed by atoms with Crippen molar-refractivity contribution < 1.29 is 0 Å². The lowest BCUT2D eigenvalue weighted by molar-refractivity contribution is 0.456. The predicted molar refractivity (Wildman–Crippen MR) is 59.4 cm³/mol. The molecule has 3 aliphatic carbocycles. The van der Waals surface area contributed by atoms with Gasteiger partial charge in [-0.05, 0) is 42.9 Å². The average molecular weight is 218 g/mol. The van der Waals surface area contributed by atoms with Gasteiger partial charge in [0.1, 0.15) is 0 Å². The lowest BCUT2D eigenvalue weighted by atomic mass is 10.0. The lowest BCUT2D eigenvalue weighted by Gasteiger charge is -2.08. The van der Waals surface area contributed by atoms with Crippen LogP contribution in [0.2, 0.25) is 0 Å². The number of aromatic nitrogens is 3. The molecule has 2 bridgehead atoms. The summed E-state index contributed by atoms with van der Waals surface area (Å²) in [5, 5.41) is 11.7. The van der Waals surface area contributed by atoms with Crippen LogP contribution in [0.25, 0.3) is 0 Å². The Balaban J connectivity index is 1.37. The summed E-state index contributed by atoms with van der Waals surface area (Å²) >= 11 is 0. The molecule has 0 radical (unpaired) electrons. The van der Waals surface area contributed by atoms with Gasteiger partial charge in [0, 0.05) is 25.8 Å². The molecule has 4 unspecified atom stereocenters. The fourth-order valence-corrected chi connectivity index (χ4v) is 4.30. The van der Waals surface area contributed by atoms with Crippen LogP contribution in [0.15, 0.2) is 6.20 Å². The molecular weight excluding hydrogens is 200 g/mol. The van der Waals surface area contributed by atoms with Crippen molar-refractivity contribution in [2.75, 3.05) is 0 Å². The largest absolute Gasteiger partial charge is 0.308 e. The Labute approximate surface area is 95.4 Å². The molecule has 3 aliphatic rings. The van der Waals surface area contributed by atoms with E-state index in [9.17, 15) is 0 Å². The molecule has 16 heavy (non-hydrogen) atoms. The summed E-state index contributed by atoms with van der Waals surface area (Å²) in [6, 6.07) is 0.799. The Bertz CT molecular complexity index is 397. The highest BCUT2D eigenvalue weighted by Gasteiger charge is 2.64. The predicted octanol–water partition coefficient (Wildman–Crippen LogP) is 0.949. The van der Waals surface area contributed by atoms with Crippen LogP contribution >= 0.6 is 0 Å². The molecule has 0 saturated heterocycles. The fraction of sp³-hybridized carbons (Fsp3) is 0.833. The van der Waals surface area contributed by atoms with Crippen molar-refractivity contribution in [2.45, 2.75) is 31.8 Å². The van der Waals surface area contributed by atoms with Crippen LogP contribution in [-0.4, -0.2) is 21.0 Å². The molecule has 1 aromatic rings. The molecule has 0 aromatic carbocycles. The van der Waals surface area contributed by atoms with Crippen molar-refractivity contribution in [3.8, 4) is 0 Å². The summed E-state index contributed by atoms with van der Waals surface area (Å²) in [7, 11) is 1.92. The smallest absolute Gasteiger partial charge is 0.0964 e. The number of rotatable bonds is 3. The molecule has 0 aliphatic heterocycles. The highest BCUT2D eigenvalue weighted by atomic mass is 15.4. The SMILES string of the molecule is Cn1cc(CNC2C3C4CCC(C4)C23)nn1. The Morgan fingerprint density at radius 1 is 1.38 bits per heavy atom. The molecule has 1 aromatic heterocycles. The summed E-state index contributed by atoms with van der Waals surface area (Å²) in [5.41, 5.74) is 1.07. The maximum Gasteiger partial charge on any atom is 0.0964 e. The minimum absolute atomic E-state index is 0.799. The second kappa shape index (κ2) is 3.06. The minimum atomic E-state index is 0.799. The third-order valence-electron chi connectivity index (χ3n) is 4.90. The van der Waals surface area contributed by atoms with Gasteiger partial charge in [0.15, 0.2) is 0 Å². The van der Waals surface area contributed by atoms with Gasteiger partial charge in [-0.15, -0.1) is 5.10 Å². The van der Waals surface area contributed by atoms with Gasteiger partial charge in [-0.3, -0.25) is 4.68 Å². The zero-order valence-corrected chi connectivity index (χ0v) is 9.63. The van der Waals surface area contributed by atoms with E-state index in [1.54, 1.807) is 4.68 Å². The van der Waals surface area contributed by atoms with Crippen molar-refractivity contribution in [1.82, 2.24) is 20.3 Å². The molecule has 0 amide bonds. The van der Waals surface area contributed by atoms with E-state index >= 15 is 0 Å². The zero-order chi connectivity index (χ0) is 10.7. The Hall–Kier alpha value is -0.900. The number of hydrogen-bond acceptors (Lipinski definition) is 3. The first kappa shape index (κ1) is 9.16. The van der Waals surface area contributed by atoms with Crippen LogP contribution in [0.4, 0.5) is 0 Å². The lowest BCUT2D eigenvalue weighted by Crippen LogP contribution is -2.22. The second-order valence-corrected chi connectivity index (χ2v) is 5.78. The van der Waals surface area contributed by atoms with E-state index < -0.39 is 0 Å². The van der Waals surface area contributed by atoms with E-state index in [4.69, 9.17) is 0 Å². The third kappa shape index (κ3) is 1.19. The number of nitrogens with zero attached hydrogens (tertiary/aromatic N) is 3. The van der Waals surface area contributed by atoms with Crippen molar-refractivity contribution >= 4 is 0 Å². The second-order valence-electron chi connectivity index (χ2n) is 5.78. The van der Waals surface area contributed by atoms with Crippen LogP contribution in [0.5, 0.6) is 0 Å². The Morgan fingerprint density at radius 3 is 2.75 bits per heavy atom. The number of aryl methyl sites for hydroxylation is 1. The summed E-state index contributed by atoms with van der Waals surface area (Å²) < 4.78 is 1.77. The summed E-state index contributed by atoms with van der Waals surface area (Å²) in [4.78, 5) is 0. The standard InChI is InChI=1S/C12H18N4/c1-16-6-9(14-15-16)5-13-12-10-7-2-3-8(4-7)11(10)12/h6-8,10-13H,2-5H2,1H3. The van der Waals surface area contributed by atoms with Gasteiger partial charge in [0.2, 0.25) is 0 Å². The van der Waals surface area contributed by atoms with Crippen LogP contribution < -0.4 is 5.32 Å². The molecule has 4 rings (SSSR count). The highest BCUT2D eigenvalue weighted by molar-refractivity contribution is 5.17.